The second kappa shape index (κ2) is 12.1. The Kier molecular flexibility index (Phi) is 8.38. The van der Waals surface area contributed by atoms with Crippen LogP contribution >= 0.6 is 0 Å². The second-order valence-corrected chi connectivity index (χ2v) is 10.9. The van der Waals surface area contributed by atoms with E-state index >= 15 is 0 Å². The van der Waals surface area contributed by atoms with E-state index in [0.29, 0.717) is 37.0 Å². The van der Waals surface area contributed by atoms with E-state index in [2.05, 4.69) is 64.0 Å². The SMILES string of the molecule is Cc1ccc([C@@H]2C[C@H]2NCCC[C@H](NC(=O)c2ccc(-c3cnn(C)n3)cc2)C(=O)N2CCN(C)CC2)cc1. The summed E-state index contributed by atoms with van der Waals surface area (Å²) in [5.41, 5.74) is 4.83. The number of carbonyl (C=O) groups excluding carboxylic acids is 2. The van der Waals surface area contributed by atoms with Gasteiger partial charge in [-0.05, 0) is 57.5 Å². The molecule has 3 aromatic rings. The number of aryl methyl sites for hydroxylation is 2. The van der Waals surface area contributed by atoms with Gasteiger partial charge in [0, 0.05) is 56.3 Å². The normalized spacial score (nSPS) is 20.0. The predicted molar refractivity (Wildman–Crippen MR) is 151 cm³/mol. The minimum Gasteiger partial charge on any atom is -0.340 e. The largest absolute Gasteiger partial charge is 0.340 e. The zero-order valence-corrected chi connectivity index (χ0v) is 23.1. The van der Waals surface area contributed by atoms with Gasteiger partial charge >= 0.3 is 0 Å². The Morgan fingerprint density at radius 2 is 1.72 bits per heavy atom. The van der Waals surface area contributed by atoms with Crippen LogP contribution in [0.1, 0.15) is 46.7 Å². The van der Waals surface area contributed by atoms with Crippen molar-refractivity contribution in [3.63, 3.8) is 0 Å². The van der Waals surface area contributed by atoms with Crippen LogP contribution in [0.4, 0.5) is 0 Å². The Morgan fingerprint density at radius 1 is 1.00 bits per heavy atom. The number of nitrogens with zero attached hydrogens (tertiary/aromatic N) is 5. The molecular weight excluding hydrogens is 490 g/mol. The summed E-state index contributed by atoms with van der Waals surface area (Å²) in [5.74, 6) is 0.345. The van der Waals surface area contributed by atoms with Gasteiger partial charge in [0.05, 0.1) is 6.20 Å². The summed E-state index contributed by atoms with van der Waals surface area (Å²) in [4.78, 5) is 32.3. The third-order valence-electron chi connectivity index (χ3n) is 7.83. The van der Waals surface area contributed by atoms with Crippen LogP contribution in [0.3, 0.4) is 0 Å². The van der Waals surface area contributed by atoms with E-state index in [9.17, 15) is 9.59 Å². The number of hydrogen-bond donors (Lipinski definition) is 2. The summed E-state index contributed by atoms with van der Waals surface area (Å²) in [6.45, 7) is 6.00. The summed E-state index contributed by atoms with van der Waals surface area (Å²) < 4.78 is 0. The van der Waals surface area contributed by atoms with Crippen molar-refractivity contribution in [3.05, 3.63) is 71.4 Å². The zero-order chi connectivity index (χ0) is 27.4. The molecule has 2 aliphatic rings. The topological polar surface area (TPSA) is 95.4 Å². The first kappa shape index (κ1) is 27.0. The molecule has 5 rings (SSSR count). The van der Waals surface area contributed by atoms with Crippen LogP contribution in [0, 0.1) is 6.92 Å². The van der Waals surface area contributed by atoms with Gasteiger partial charge < -0.3 is 20.4 Å². The van der Waals surface area contributed by atoms with Gasteiger partial charge in [0.15, 0.2) is 0 Å². The molecule has 9 heteroatoms. The Morgan fingerprint density at radius 3 is 2.38 bits per heavy atom. The standard InChI is InChI=1S/C30H39N7O2/c1-21-6-8-22(9-7-21)25-19-27(25)31-14-4-5-26(30(39)37-17-15-35(2)16-18-37)33-29(38)24-12-10-23(11-13-24)28-20-32-36(3)34-28/h6-13,20,25-27,31H,4-5,14-19H2,1-3H3,(H,33,38)/t25-,26-,27+/m0/s1. The van der Waals surface area contributed by atoms with E-state index in [1.165, 1.54) is 15.9 Å². The first-order valence-electron chi connectivity index (χ1n) is 13.9. The number of benzene rings is 2. The summed E-state index contributed by atoms with van der Waals surface area (Å²) in [6.07, 6.45) is 4.25. The van der Waals surface area contributed by atoms with Crippen molar-refractivity contribution >= 4 is 11.8 Å². The Labute approximate surface area is 230 Å². The molecule has 1 saturated heterocycles. The molecule has 1 aliphatic heterocycles. The fraction of sp³-hybridized carbons (Fsp3) is 0.467. The summed E-state index contributed by atoms with van der Waals surface area (Å²) in [5, 5.41) is 15.1. The van der Waals surface area contributed by atoms with E-state index < -0.39 is 6.04 Å². The Balaban J connectivity index is 1.17. The molecule has 2 fully saturated rings. The highest BCUT2D eigenvalue weighted by molar-refractivity contribution is 5.97. The van der Waals surface area contributed by atoms with Gasteiger partial charge in [-0.3, -0.25) is 9.59 Å². The number of aromatic nitrogens is 3. The fourth-order valence-electron chi connectivity index (χ4n) is 5.21. The van der Waals surface area contributed by atoms with Gasteiger partial charge in [-0.2, -0.15) is 15.0 Å². The minimum absolute atomic E-state index is 0.0107. The van der Waals surface area contributed by atoms with Gasteiger partial charge in [0.2, 0.25) is 5.91 Å². The van der Waals surface area contributed by atoms with Gasteiger partial charge in [-0.25, -0.2) is 0 Å². The monoisotopic (exact) mass is 529 g/mol. The van der Waals surface area contributed by atoms with Crippen LogP contribution in [-0.4, -0.2) is 88.5 Å². The fourth-order valence-corrected chi connectivity index (χ4v) is 5.21. The molecule has 0 bridgehead atoms. The first-order chi connectivity index (χ1) is 18.9. The lowest BCUT2D eigenvalue weighted by atomic mass is 10.1. The number of rotatable bonds is 10. The molecule has 2 N–H and O–H groups in total. The first-order valence-corrected chi connectivity index (χ1v) is 13.9. The van der Waals surface area contributed by atoms with Crippen molar-refractivity contribution in [3.8, 4) is 11.3 Å². The van der Waals surface area contributed by atoms with Crippen LogP contribution in [0.5, 0.6) is 0 Å². The highest BCUT2D eigenvalue weighted by Crippen LogP contribution is 2.40. The highest BCUT2D eigenvalue weighted by atomic mass is 16.2. The molecule has 1 aliphatic carbocycles. The van der Waals surface area contributed by atoms with E-state index in [1.54, 1.807) is 25.4 Å². The average molecular weight is 530 g/mol. The van der Waals surface area contributed by atoms with Gasteiger partial charge in [0.25, 0.3) is 5.91 Å². The molecule has 3 atom stereocenters. The van der Waals surface area contributed by atoms with Gasteiger partial charge in [-0.15, -0.1) is 0 Å². The van der Waals surface area contributed by atoms with E-state index in [4.69, 9.17) is 0 Å². The quantitative estimate of drug-likeness (QED) is 0.392. The van der Waals surface area contributed by atoms with E-state index in [1.807, 2.05) is 17.0 Å². The zero-order valence-electron chi connectivity index (χ0n) is 23.1. The van der Waals surface area contributed by atoms with Crippen molar-refractivity contribution in [1.29, 1.82) is 0 Å². The smallest absolute Gasteiger partial charge is 0.251 e. The predicted octanol–water partition coefficient (Wildman–Crippen LogP) is 2.59. The molecule has 2 amide bonds. The van der Waals surface area contributed by atoms with Crippen LogP contribution in [0.25, 0.3) is 11.3 Å². The van der Waals surface area contributed by atoms with Crippen molar-refractivity contribution in [2.75, 3.05) is 39.8 Å². The molecule has 206 valence electrons. The second-order valence-electron chi connectivity index (χ2n) is 10.9. The summed E-state index contributed by atoms with van der Waals surface area (Å²) in [6, 6.07) is 16.0. The van der Waals surface area contributed by atoms with Crippen LogP contribution in [0.2, 0.25) is 0 Å². The Hall–Kier alpha value is -3.56. The number of amides is 2. The number of piperazine rings is 1. The molecule has 0 spiro atoms. The molecule has 9 nitrogen and oxygen atoms in total. The van der Waals surface area contributed by atoms with E-state index in [-0.39, 0.29) is 11.8 Å². The number of nitrogens with one attached hydrogen (secondary N) is 2. The molecule has 2 aromatic carbocycles. The van der Waals surface area contributed by atoms with Crippen molar-refractivity contribution in [2.45, 2.75) is 44.2 Å². The van der Waals surface area contributed by atoms with Crippen LogP contribution < -0.4 is 10.6 Å². The van der Waals surface area contributed by atoms with Gasteiger partial charge in [-0.1, -0.05) is 42.0 Å². The number of hydrogen-bond acceptors (Lipinski definition) is 6. The third kappa shape index (κ3) is 6.91. The van der Waals surface area contributed by atoms with E-state index in [0.717, 1.165) is 43.7 Å². The third-order valence-corrected chi connectivity index (χ3v) is 7.83. The number of carbonyl (C=O) groups is 2. The van der Waals surface area contributed by atoms with Gasteiger partial charge in [0.1, 0.15) is 11.7 Å². The average Bonchev–Trinajstić information content (AvgIpc) is 3.59. The summed E-state index contributed by atoms with van der Waals surface area (Å²) in [7, 11) is 3.84. The lowest BCUT2D eigenvalue weighted by Crippen LogP contribution is -2.54. The minimum atomic E-state index is -0.547. The maximum Gasteiger partial charge on any atom is 0.251 e. The molecule has 39 heavy (non-hydrogen) atoms. The summed E-state index contributed by atoms with van der Waals surface area (Å²) >= 11 is 0. The van der Waals surface area contributed by atoms with Crippen molar-refractivity contribution in [2.24, 2.45) is 7.05 Å². The molecule has 0 unspecified atom stereocenters. The van der Waals surface area contributed by atoms with Crippen molar-refractivity contribution < 1.29 is 9.59 Å². The Bertz CT molecular complexity index is 1260. The molecule has 1 saturated carbocycles. The maximum absolute atomic E-state index is 13.5. The lowest BCUT2D eigenvalue weighted by molar-refractivity contribution is -0.135. The van der Waals surface area contributed by atoms with Crippen molar-refractivity contribution in [1.82, 2.24) is 35.4 Å². The molecule has 0 radical (unpaired) electrons. The maximum atomic E-state index is 13.5. The lowest BCUT2D eigenvalue weighted by Gasteiger charge is -2.34. The molecular formula is C30H39N7O2. The molecule has 2 heterocycles. The van der Waals surface area contributed by atoms with Crippen LogP contribution in [0.15, 0.2) is 54.7 Å². The van der Waals surface area contributed by atoms with Crippen LogP contribution in [-0.2, 0) is 11.8 Å². The highest BCUT2D eigenvalue weighted by Gasteiger charge is 2.37. The molecule has 1 aromatic heterocycles. The number of likely N-dealkylation sites (N-methyl/N-ethyl adjacent to an activating group) is 1.